The lowest BCUT2D eigenvalue weighted by atomic mass is 9.97. The summed E-state index contributed by atoms with van der Waals surface area (Å²) in [5.41, 5.74) is 7.05. The number of fused-ring (bicyclic) bond motifs is 2. The number of anilines is 3. The Morgan fingerprint density at radius 3 is 2.60 bits per heavy atom. The van der Waals surface area contributed by atoms with E-state index in [9.17, 15) is 10.1 Å². The van der Waals surface area contributed by atoms with E-state index in [-0.39, 0.29) is 12.5 Å². The van der Waals surface area contributed by atoms with Gasteiger partial charge in [-0.3, -0.25) is 9.20 Å². The Morgan fingerprint density at radius 2 is 1.80 bits per heavy atom. The molecule has 0 unspecified atom stereocenters. The summed E-state index contributed by atoms with van der Waals surface area (Å²) in [6.45, 7) is 8.42. The normalized spacial score (nSPS) is 15.3. The second-order valence-corrected chi connectivity index (χ2v) is 10.8. The van der Waals surface area contributed by atoms with E-state index in [0.717, 1.165) is 47.8 Å². The molecule has 0 radical (unpaired) electrons. The number of aromatic nitrogens is 2. The molecule has 1 saturated heterocycles. The number of amides is 1. The summed E-state index contributed by atoms with van der Waals surface area (Å²) in [7, 11) is 0. The molecule has 6 rings (SSSR count). The molecule has 0 atom stereocenters. The van der Waals surface area contributed by atoms with Crippen LogP contribution in [0.15, 0.2) is 66.9 Å². The fourth-order valence-corrected chi connectivity index (χ4v) is 5.99. The molecule has 40 heavy (non-hydrogen) atoms. The van der Waals surface area contributed by atoms with E-state index < -0.39 is 0 Å². The van der Waals surface area contributed by atoms with Crippen LogP contribution in [0.1, 0.15) is 31.4 Å². The van der Waals surface area contributed by atoms with Crippen molar-refractivity contribution in [1.82, 2.24) is 14.3 Å². The zero-order chi connectivity index (χ0) is 27.6. The highest BCUT2D eigenvalue weighted by atomic mass is 16.2. The molecule has 0 saturated carbocycles. The molecule has 2 aliphatic rings. The van der Waals surface area contributed by atoms with Crippen LogP contribution in [-0.4, -0.2) is 65.5 Å². The van der Waals surface area contributed by atoms with Gasteiger partial charge in [0.2, 0.25) is 5.91 Å². The Morgan fingerprint density at radius 1 is 1.00 bits per heavy atom. The van der Waals surface area contributed by atoms with E-state index in [1.165, 1.54) is 11.3 Å². The van der Waals surface area contributed by atoms with Crippen molar-refractivity contribution in [3.05, 3.63) is 78.0 Å². The maximum atomic E-state index is 13.3. The summed E-state index contributed by atoms with van der Waals surface area (Å²) in [5, 5.41) is 12.9. The molecule has 2 aliphatic heterocycles. The number of nitriles is 1. The molecule has 1 fully saturated rings. The minimum Gasteiger partial charge on any atom is -0.369 e. The molecule has 0 bridgehead atoms. The third kappa shape index (κ3) is 4.84. The fourth-order valence-electron chi connectivity index (χ4n) is 5.99. The van der Waals surface area contributed by atoms with Gasteiger partial charge < -0.3 is 20.0 Å². The Balaban J connectivity index is 1.19. The standard InChI is InChI=1S/C32H35N7O/c1-23(2)38-15-7-9-24-20-25(12-13-28(24)38)31-32(39-14-6-5-11-29(39)35-31)34-22-30(40)37-18-16-36(17-19-37)27-10-4-3-8-26(27)21-33/h3-6,8,10-14,20,23,34H,7,9,15-19,22H2,1-2H3. The number of para-hydroxylation sites is 1. The summed E-state index contributed by atoms with van der Waals surface area (Å²) in [6.07, 6.45) is 4.20. The number of carbonyl (C=O) groups excluding carboxylic acids is 1. The van der Waals surface area contributed by atoms with Gasteiger partial charge in [-0.05, 0) is 68.7 Å². The summed E-state index contributed by atoms with van der Waals surface area (Å²) in [5.74, 6) is 0.894. The molecular weight excluding hydrogens is 498 g/mol. The first-order valence-corrected chi connectivity index (χ1v) is 14.2. The van der Waals surface area contributed by atoms with Crippen molar-refractivity contribution in [3.8, 4) is 17.3 Å². The fraction of sp³-hybridized carbons (Fsp3) is 0.344. The number of aryl methyl sites for hydroxylation is 1. The Kier molecular flexibility index (Phi) is 7.04. The number of piperazine rings is 1. The van der Waals surface area contributed by atoms with E-state index in [1.54, 1.807) is 0 Å². The van der Waals surface area contributed by atoms with E-state index in [1.807, 2.05) is 58.0 Å². The average Bonchev–Trinajstić information content (AvgIpc) is 3.37. The van der Waals surface area contributed by atoms with E-state index >= 15 is 0 Å². The van der Waals surface area contributed by atoms with Crippen LogP contribution in [0.3, 0.4) is 0 Å². The second-order valence-electron chi connectivity index (χ2n) is 10.8. The minimum atomic E-state index is 0.0584. The number of pyridine rings is 1. The lowest BCUT2D eigenvalue weighted by molar-refractivity contribution is -0.129. The van der Waals surface area contributed by atoms with Gasteiger partial charge in [0.25, 0.3) is 0 Å². The monoisotopic (exact) mass is 533 g/mol. The van der Waals surface area contributed by atoms with Gasteiger partial charge in [0.1, 0.15) is 23.2 Å². The first kappa shape index (κ1) is 25.8. The molecule has 204 valence electrons. The van der Waals surface area contributed by atoms with E-state index in [2.05, 4.69) is 53.2 Å². The van der Waals surface area contributed by atoms with Gasteiger partial charge in [-0.2, -0.15) is 5.26 Å². The van der Waals surface area contributed by atoms with Crippen LogP contribution in [0.25, 0.3) is 16.9 Å². The van der Waals surface area contributed by atoms with Crippen LogP contribution in [0.5, 0.6) is 0 Å². The van der Waals surface area contributed by atoms with Crippen molar-refractivity contribution in [2.24, 2.45) is 0 Å². The highest BCUT2D eigenvalue weighted by molar-refractivity contribution is 5.84. The van der Waals surface area contributed by atoms with Crippen molar-refractivity contribution in [3.63, 3.8) is 0 Å². The van der Waals surface area contributed by atoms with Gasteiger partial charge in [0, 0.05) is 56.2 Å². The maximum absolute atomic E-state index is 13.3. The predicted molar refractivity (Wildman–Crippen MR) is 160 cm³/mol. The molecule has 4 aromatic rings. The topological polar surface area (TPSA) is 79.9 Å². The number of nitrogens with one attached hydrogen (secondary N) is 1. The summed E-state index contributed by atoms with van der Waals surface area (Å²) in [4.78, 5) is 24.8. The average molecular weight is 534 g/mol. The third-order valence-corrected chi connectivity index (χ3v) is 8.07. The highest BCUT2D eigenvalue weighted by Crippen LogP contribution is 2.35. The first-order valence-electron chi connectivity index (χ1n) is 14.2. The molecular formula is C32H35N7O. The third-order valence-electron chi connectivity index (χ3n) is 8.07. The molecule has 0 spiro atoms. The highest BCUT2D eigenvalue weighted by Gasteiger charge is 2.24. The molecule has 2 aromatic carbocycles. The molecule has 8 nitrogen and oxygen atoms in total. The van der Waals surface area contributed by atoms with Gasteiger partial charge in [-0.1, -0.05) is 24.3 Å². The largest absolute Gasteiger partial charge is 0.369 e. The van der Waals surface area contributed by atoms with Crippen LogP contribution >= 0.6 is 0 Å². The molecule has 1 amide bonds. The number of imidazole rings is 1. The van der Waals surface area contributed by atoms with Crippen LogP contribution < -0.4 is 15.1 Å². The predicted octanol–water partition coefficient (Wildman–Crippen LogP) is 4.79. The minimum absolute atomic E-state index is 0.0584. The summed E-state index contributed by atoms with van der Waals surface area (Å²) in [6, 6.07) is 23.0. The molecule has 1 N–H and O–H groups in total. The SMILES string of the molecule is CC(C)N1CCCc2cc(-c3nc4ccccn4c3NCC(=O)N3CCN(c4ccccc4C#N)CC3)ccc21. The number of benzene rings is 2. The van der Waals surface area contributed by atoms with E-state index in [0.29, 0.717) is 37.8 Å². The molecule has 4 heterocycles. The number of nitrogens with zero attached hydrogens (tertiary/aromatic N) is 6. The van der Waals surface area contributed by atoms with Crippen LogP contribution in [0.2, 0.25) is 0 Å². The molecule has 0 aliphatic carbocycles. The number of rotatable bonds is 6. The Hall–Kier alpha value is -4.51. The van der Waals surface area contributed by atoms with Crippen molar-refractivity contribution >= 4 is 28.7 Å². The van der Waals surface area contributed by atoms with Crippen LogP contribution in [-0.2, 0) is 11.2 Å². The van der Waals surface area contributed by atoms with Crippen LogP contribution in [0.4, 0.5) is 17.2 Å². The number of hydrogen-bond donors (Lipinski definition) is 1. The lowest BCUT2D eigenvalue weighted by Crippen LogP contribution is -2.50. The number of hydrogen-bond acceptors (Lipinski definition) is 6. The van der Waals surface area contributed by atoms with Gasteiger partial charge in [0.05, 0.1) is 17.8 Å². The Labute approximate surface area is 235 Å². The molecule has 8 heteroatoms. The van der Waals surface area contributed by atoms with Gasteiger partial charge in [-0.15, -0.1) is 0 Å². The maximum Gasteiger partial charge on any atom is 0.242 e. The van der Waals surface area contributed by atoms with Crippen LogP contribution in [0, 0.1) is 11.3 Å². The Bertz CT molecular complexity index is 1580. The lowest BCUT2D eigenvalue weighted by Gasteiger charge is -2.36. The van der Waals surface area contributed by atoms with E-state index in [4.69, 9.17) is 4.98 Å². The van der Waals surface area contributed by atoms with Gasteiger partial charge in [-0.25, -0.2) is 4.98 Å². The zero-order valence-electron chi connectivity index (χ0n) is 23.2. The van der Waals surface area contributed by atoms with Gasteiger partial charge in [0.15, 0.2) is 0 Å². The van der Waals surface area contributed by atoms with Crippen molar-refractivity contribution in [2.45, 2.75) is 32.7 Å². The summed E-state index contributed by atoms with van der Waals surface area (Å²) >= 11 is 0. The quantitative estimate of drug-likeness (QED) is 0.384. The van der Waals surface area contributed by atoms with Crippen molar-refractivity contribution in [1.29, 1.82) is 5.26 Å². The van der Waals surface area contributed by atoms with Crippen molar-refractivity contribution in [2.75, 3.05) is 54.4 Å². The second kappa shape index (κ2) is 10.9. The van der Waals surface area contributed by atoms with Crippen molar-refractivity contribution < 1.29 is 4.79 Å². The summed E-state index contributed by atoms with van der Waals surface area (Å²) < 4.78 is 2.03. The molecule has 2 aromatic heterocycles. The van der Waals surface area contributed by atoms with Gasteiger partial charge >= 0.3 is 0 Å². The number of carbonyl (C=O) groups is 1. The first-order chi connectivity index (χ1) is 19.5. The smallest absolute Gasteiger partial charge is 0.242 e. The zero-order valence-corrected chi connectivity index (χ0v) is 23.2.